The Hall–Kier alpha value is -5.02. The summed E-state index contributed by atoms with van der Waals surface area (Å²) in [7, 11) is 0. The van der Waals surface area contributed by atoms with E-state index < -0.39 is 0 Å². The average Bonchev–Trinajstić information content (AvgIpc) is 3.53. The Morgan fingerprint density at radius 2 is 1.41 bits per heavy atom. The van der Waals surface area contributed by atoms with Crippen LogP contribution >= 0.6 is 0 Å². The van der Waals surface area contributed by atoms with Crippen molar-refractivity contribution >= 4 is 21.8 Å². The van der Waals surface area contributed by atoms with Gasteiger partial charge >= 0.3 is 0 Å². The van der Waals surface area contributed by atoms with Crippen LogP contribution in [0.2, 0.25) is 0 Å². The fraction of sp³-hybridized carbons (Fsp3) is 0.382. The molecule has 2 unspecified atom stereocenters. The molecule has 298 valence electrons. The van der Waals surface area contributed by atoms with E-state index in [1.54, 1.807) is 0 Å². The first-order valence-corrected chi connectivity index (χ1v) is 22.4. The summed E-state index contributed by atoms with van der Waals surface area (Å²) in [5.74, 6) is 0.569. The van der Waals surface area contributed by atoms with Gasteiger partial charge in [-0.3, -0.25) is 0 Å². The second-order valence-electron chi connectivity index (χ2n) is 18.0. The molecule has 4 aromatic carbocycles. The van der Waals surface area contributed by atoms with Crippen LogP contribution in [0.15, 0.2) is 122 Å². The van der Waals surface area contributed by atoms with Crippen molar-refractivity contribution in [1.82, 2.24) is 4.57 Å². The summed E-state index contributed by atoms with van der Waals surface area (Å²) in [6.07, 6.45) is 14.1. The van der Waals surface area contributed by atoms with Gasteiger partial charge < -0.3 is 4.57 Å². The molecule has 1 aliphatic rings. The molecule has 0 fully saturated rings. The van der Waals surface area contributed by atoms with Gasteiger partial charge in [-0.15, -0.1) is 0 Å². The predicted octanol–water partition coefficient (Wildman–Crippen LogP) is 13.6. The summed E-state index contributed by atoms with van der Waals surface area (Å²) >= 11 is 0. The monoisotopic (exact) mass is 768 g/mol. The molecule has 0 radical (unpaired) electrons. The quantitative estimate of drug-likeness (QED) is 0.0772. The van der Waals surface area contributed by atoms with Gasteiger partial charge in [-0.25, -0.2) is 0 Å². The molecule has 2 atom stereocenters. The van der Waals surface area contributed by atoms with Gasteiger partial charge in [0.25, 0.3) is 0 Å². The lowest BCUT2D eigenvalue weighted by molar-refractivity contribution is -0.771. The molecule has 3 aromatic heterocycles. The maximum Gasteiger partial charge on any atom is 0.213 e. The Labute approximate surface area is 348 Å². The fourth-order valence-corrected chi connectivity index (χ4v) is 10.8. The predicted molar refractivity (Wildman–Crippen MR) is 245 cm³/mol. The minimum Gasteiger partial charge on any atom is -0.340 e. The summed E-state index contributed by atoms with van der Waals surface area (Å²) in [6, 6.07) is 41.7. The van der Waals surface area contributed by atoms with Crippen LogP contribution in [0.4, 0.5) is 0 Å². The van der Waals surface area contributed by atoms with Crippen LogP contribution in [0.1, 0.15) is 109 Å². The molecule has 0 N–H and O–H groups in total. The molecule has 0 bridgehead atoms. The van der Waals surface area contributed by atoms with Crippen molar-refractivity contribution in [3.05, 3.63) is 144 Å². The zero-order chi connectivity index (χ0) is 40.6. The highest BCUT2D eigenvalue weighted by molar-refractivity contribution is 6.09. The molecule has 0 spiro atoms. The Kier molecular flexibility index (Phi) is 11.2. The van der Waals surface area contributed by atoms with Crippen molar-refractivity contribution in [2.24, 2.45) is 5.92 Å². The number of unbranched alkanes of at least 4 members (excludes halogenated alkanes) is 2. The molecule has 3 nitrogen and oxygen atoms in total. The molecule has 0 saturated heterocycles. The first-order valence-electron chi connectivity index (χ1n) is 22.4. The summed E-state index contributed by atoms with van der Waals surface area (Å²) < 4.78 is 7.88. The van der Waals surface area contributed by atoms with Gasteiger partial charge in [0.2, 0.25) is 11.4 Å². The van der Waals surface area contributed by atoms with E-state index in [9.17, 15) is 0 Å². The first kappa shape index (κ1) is 39.8. The third-order valence-electron chi connectivity index (χ3n) is 14.0. The molecule has 0 aliphatic carbocycles. The molecule has 8 rings (SSSR count). The zero-order valence-corrected chi connectivity index (χ0v) is 36.5. The van der Waals surface area contributed by atoms with E-state index in [1.807, 2.05) is 0 Å². The maximum atomic E-state index is 2.78. The average molecular weight is 768 g/mol. The summed E-state index contributed by atoms with van der Waals surface area (Å²) in [6.45, 7) is 20.9. The van der Waals surface area contributed by atoms with E-state index in [0.717, 1.165) is 45.2 Å². The van der Waals surface area contributed by atoms with Gasteiger partial charge in [0, 0.05) is 76.4 Å². The Morgan fingerprint density at radius 3 is 2.17 bits per heavy atom. The van der Waals surface area contributed by atoms with E-state index in [-0.39, 0.29) is 11.0 Å². The summed E-state index contributed by atoms with van der Waals surface area (Å²) in [4.78, 5) is 0. The number of pyridine rings is 2. The third kappa shape index (κ3) is 6.79. The molecular formula is C55H65N3+2. The number of aryl methyl sites for hydroxylation is 4. The number of aromatic nitrogens is 3. The number of hydrogen-bond acceptors (Lipinski definition) is 0. The van der Waals surface area contributed by atoms with Gasteiger partial charge in [0.05, 0.1) is 11.0 Å². The van der Waals surface area contributed by atoms with Crippen LogP contribution < -0.4 is 9.13 Å². The Morgan fingerprint density at radius 1 is 0.655 bits per heavy atom. The molecule has 3 heteroatoms. The zero-order valence-electron chi connectivity index (χ0n) is 36.5. The summed E-state index contributed by atoms with van der Waals surface area (Å²) in [5, 5.41) is 2.70. The van der Waals surface area contributed by atoms with Crippen molar-refractivity contribution in [3.8, 4) is 33.6 Å². The molecule has 7 aromatic rings. The number of fused-ring (bicyclic) bond motifs is 6. The smallest absolute Gasteiger partial charge is 0.213 e. The second kappa shape index (κ2) is 16.3. The lowest BCUT2D eigenvalue weighted by atomic mass is 9.58. The van der Waals surface area contributed by atoms with Gasteiger partial charge in [-0.1, -0.05) is 114 Å². The number of hydrogen-bond donors (Lipinski definition) is 0. The molecule has 1 aliphatic heterocycles. The number of para-hydroxylation sites is 1. The van der Waals surface area contributed by atoms with Gasteiger partial charge in [0.1, 0.15) is 6.54 Å². The van der Waals surface area contributed by atoms with Crippen molar-refractivity contribution < 1.29 is 9.13 Å². The van der Waals surface area contributed by atoms with Crippen LogP contribution in [-0.4, -0.2) is 4.57 Å². The van der Waals surface area contributed by atoms with Crippen molar-refractivity contribution in [2.45, 2.75) is 131 Å². The third-order valence-corrected chi connectivity index (χ3v) is 14.0. The van der Waals surface area contributed by atoms with E-state index in [0.29, 0.717) is 5.92 Å². The highest BCUT2D eigenvalue weighted by atomic mass is 15.1. The van der Waals surface area contributed by atoms with Crippen molar-refractivity contribution in [2.75, 3.05) is 0 Å². The van der Waals surface area contributed by atoms with Crippen LogP contribution in [0, 0.1) is 19.8 Å². The van der Waals surface area contributed by atoms with Crippen LogP contribution in [0.25, 0.3) is 55.4 Å². The van der Waals surface area contributed by atoms with Crippen LogP contribution in [0.3, 0.4) is 0 Å². The molecule has 0 saturated carbocycles. The number of nitrogens with zero attached hydrogens (tertiary/aromatic N) is 3. The molecule has 58 heavy (non-hydrogen) atoms. The van der Waals surface area contributed by atoms with E-state index in [1.165, 1.54) is 97.0 Å². The van der Waals surface area contributed by atoms with Gasteiger partial charge in [0.15, 0.2) is 17.9 Å². The number of benzene rings is 4. The Balaban J connectivity index is 1.22. The molecular weight excluding hydrogens is 703 g/mol. The minimum atomic E-state index is -0.103. The molecule has 4 heterocycles. The van der Waals surface area contributed by atoms with Crippen molar-refractivity contribution in [3.63, 3.8) is 0 Å². The maximum absolute atomic E-state index is 2.78. The van der Waals surface area contributed by atoms with Gasteiger partial charge in [-0.2, -0.15) is 9.13 Å². The Bertz CT molecular complexity index is 2580. The number of rotatable bonds is 14. The van der Waals surface area contributed by atoms with Crippen LogP contribution in [-0.2, 0) is 30.5 Å². The second-order valence-corrected chi connectivity index (χ2v) is 18.0. The van der Waals surface area contributed by atoms with Gasteiger partial charge in [-0.05, 0) is 98.5 Å². The molecule has 0 amide bonds. The lowest BCUT2D eigenvalue weighted by Gasteiger charge is -2.48. The SMILES string of the molecule is CCCCCc1cc2[n+](cc1-c1ccccc1)C(CC)(CCC[n+]1cc(C)ccc1-c1cc3c4ccccc4n(CC(C)C)c3cc1C)C(C)(CC)c1ccccc1-2. The largest absolute Gasteiger partial charge is 0.340 e. The van der Waals surface area contributed by atoms with E-state index >= 15 is 0 Å². The minimum absolute atomic E-state index is 0.0420. The van der Waals surface area contributed by atoms with Crippen molar-refractivity contribution in [1.29, 1.82) is 0 Å². The van der Waals surface area contributed by atoms with Crippen LogP contribution in [0.5, 0.6) is 0 Å². The van der Waals surface area contributed by atoms with E-state index in [4.69, 9.17) is 0 Å². The first-order chi connectivity index (χ1) is 28.1. The summed E-state index contributed by atoms with van der Waals surface area (Å²) in [5.41, 5.74) is 16.3. The van der Waals surface area contributed by atoms with E-state index in [2.05, 4.69) is 191 Å². The standard InChI is InChI=1S/C55H65N3/c1-9-12-14-24-43-34-53-45-26-17-19-27-49(45)54(8,10-2)55(11-3,58(53)38-48(43)42-22-15-13-16-23-42)31-21-32-56-37-40(6)29-30-50(56)46-35-47-44-25-18-20-28-51(44)57(36-39(4)5)52(47)33-41(46)7/h13,15-20,22-23,25-30,33-35,37-39H,9-12,14,21,24,31-32,36H2,1-8H3/q+2. The topological polar surface area (TPSA) is 12.7 Å². The highest BCUT2D eigenvalue weighted by Gasteiger charge is 2.59. The highest BCUT2D eigenvalue weighted by Crippen LogP contribution is 2.52. The fourth-order valence-electron chi connectivity index (χ4n) is 10.8. The normalized spacial score (nSPS) is 17.6. The lowest BCUT2D eigenvalue weighted by Crippen LogP contribution is -2.69.